The molecule has 22 heteroatoms. The van der Waals surface area contributed by atoms with Gasteiger partial charge in [0, 0.05) is 0 Å². The van der Waals surface area contributed by atoms with Crippen LogP contribution in [0.5, 0.6) is 0 Å². The maximum absolute atomic E-state index is 8.55. The average Bonchev–Trinajstić information content (AvgIpc) is 1.41. The summed E-state index contributed by atoms with van der Waals surface area (Å²) in [6, 6.07) is 0. The van der Waals surface area contributed by atoms with Crippen LogP contribution >= 0.6 is 23.5 Å². The molecule has 0 fully saturated rings. The van der Waals surface area contributed by atoms with Crippen molar-refractivity contribution in [3.63, 3.8) is 0 Å². The molecule has 0 aliphatic rings. The minimum Gasteiger partial charge on any atom is -0.822 e. The Hall–Kier alpha value is 4.20. The molecule has 0 amide bonds. The molecule has 0 aromatic carbocycles. The Balaban J connectivity index is -0.0000000106. The van der Waals surface area contributed by atoms with Crippen molar-refractivity contribution in [3.8, 4) is 0 Å². The molecule has 0 aromatic rings. The quantitative estimate of drug-likeness (QED) is 0.210. The molecular weight excluding hydrogens is 527 g/mol. The van der Waals surface area contributed by atoms with Crippen LogP contribution in [0.2, 0.25) is 0 Å². The van der Waals surface area contributed by atoms with Crippen molar-refractivity contribution in [1.82, 2.24) is 0 Å². The van der Waals surface area contributed by atoms with E-state index in [0.29, 0.717) is 0 Å². The smallest absolute Gasteiger partial charge is 0.822 e. The van der Waals surface area contributed by atoms with Gasteiger partial charge in [-0.15, -0.1) is 0 Å². The molecule has 12 nitrogen and oxygen atoms in total. The Morgan fingerprint density at radius 1 is 0.409 bits per heavy atom. The first kappa shape index (κ1) is 63.4. The van der Waals surface area contributed by atoms with Gasteiger partial charge in [0.2, 0.25) is 0 Å². The summed E-state index contributed by atoms with van der Waals surface area (Å²) in [5.74, 6) is 0. The van der Waals surface area contributed by atoms with Crippen molar-refractivity contribution in [2.75, 3.05) is 0 Å². The Labute approximate surface area is 203 Å². The Morgan fingerprint density at radius 3 is 0.409 bits per heavy atom. The van der Waals surface area contributed by atoms with Crippen molar-refractivity contribution < 1.29 is 183 Å². The summed E-state index contributed by atoms with van der Waals surface area (Å²) in [6.45, 7) is 0. The Kier molecular flexibility index (Phi) is 86.3. The first-order chi connectivity index (χ1) is 6.00. The maximum atomic E-state index is 8.55. The van der Waals surface area contributed by atoms with Crippen LogP contribution in [0.15, 0.2) is 0 Å². The van der Waals surface area contributed by atoms with Gasteiger partial charge < -0.3 is 57.7 Å². The Bertz CT molecular complexity index is 228. The van der Waals surface area contributed by atoms with E-state index >= 15 is 0 Å². The van der Waals surface area contributed by atoms with E-state index in [-0.39, 0.29) is 125 Å². The molecule has 0 saturated heterocycles. The van der Waals surface area contributed by atoms with Crippen molar-refractivity contribution in [1.29, 1.82) is 0 Å². The van der Waals surface area contributed by atoms with Gasteiger partial charge in [0.05, 0.1) is 0 Å². The van der Waals surface area contributed by atoms with E-state index in [1.165, 1.54) is 0 Å². The van der Waals surface area contributed by atoms with Crippen LogP contribution in [0.3, 0.4) is 0 Å². The van der Waals surface area contributed by atoms with Crippen LogP contribution in [0, 0.1) is 0 Å². The molecule has 0 bridgehead atoms. The third-order valence-electron chi connectivity index (χ3n) is 0. The molecule has 0 unspecified atom stereocenters. The van der Waals surface area contributed by atoms with Gasteiger partial charge in [-0.05, 0) is 0 Å². The summed E-state index contributed by atoms with van der Waals surface area (Å²) in [4.78, 5) is 76.9. The molecular formula is Fe2Li3Mn2O12P3+2. The van der Waals surface area contributed by atoms with Crippen LogP contribution in [-0.4, -0.2) is 0 Å². The summed E-state index contributed by atoms with van der Waals surface area (Å²) in [6.07, 6.45) is 0. The summed E-state index contributed by atoms with van der Waals surface area (Å²) in [5.41, 5.74) is 0. The molecule has 0 heterocycles. The molecule has 22 heavy (non-hydrogen) atoms. The van der Waals surface area contributed by atoms with Crippen molar-refractivity contribution in [3.05, 3.63) is 0 Å². The second kappa shape index (κ2) is 29.9. The zero-order valence-corrected chi connectivity index (χ0v) is 18.0. The molecule has 0 aliphatic heterocycles. The number of phosphoric acid groups is 3. The average molecular weight is 527 g/mol. The molecule has 118 valence electrons. The fourth-order valence-electron chi connectivity index (χ4n) is 0. The van der Waals surface area contributed by atoms with Gasteiger partial charge in [-0.25, -0.2) is 0 Å². The zero-order chi connectivity index (χ0) is 13.5. The fraction of sp³-hybridized carbons (Fsp3) is 0. The summed E-state index contributed by atoms with van der Waals surface area (Å²) in [7, 11) is -16.2. The van der Waals surface area contributed by atoms with Gasteiger partial charge >= 0.3 is 125 Å². The van der Waals surface area contributed by atoms with E-state index in [0.717, 1.165) is 0 Å². The van der Waals surface area contributed by atoms with Gasteiger partial charge in [0.25, 0.3) is 0 Å². The van der Waals surface area contributed by atoms with E-state index in [2.05, 4.69) is 0 Å². The third-order valence-corrected chi connectivity index (χ3v) is 0. The predicted molar refractivity (Wildman–Crippen MR) is 22.8 cm³/mol. The van der Waals surface area contributed by atoms with Gasteiger partial charge in [-0.3, -0.25) is 0 Å². The maximum Gasteiger partial charge on any atom is 2.00 e. The molecule has 0 saturated carbocycles. The van der Waals surface area contributed by atoms with E-state index in [9.17, 15) is 0 Å². The normalized spacial score (nSPS) is 8.05. The minimum absolute atomic E-state index is 0. The third kappa shape index (κ3) is 738. The standard InChI is InChI=1S/2Fe.3Li.2Mn.3H3O4P/c;;;;;;;3*1-5(2,3)4/h;;;;;;;3*(H3,1,2,3,4)/q2*+2;3*+1;2*+2;;;/p-9. The second-order valence-electron chi connectivity index (χ2n) is 1.34. The van der Waals surface area contributed by atoms with Crippen LogP contribution in [0.1, 0.15) is 0 Å². The van der Waals surface area contributed by atoms with E-state index < -0.39 is 23.5 Å². The van der Waals surface area contributed by atoms with E-state index in [1.54, 1.807) is 0 Å². The molecule has 2 radical (unpaired) electrons. The van der Waals surface area contributed by atoms with Crippen LogP contribution in [0.25, 0.3) is 0 Å². The summed E-state index contributed by atoms with van der Waals surface area (Å²) < 4.78 is 25.6. The first-order valence-electron chi connectivity index (χ1n) is 2.19. The van der Waals surface area contributed by atoms with Crippen molar-refractivity contribution >= 4 is 23.5 Å². The zero-order valence-electron chi connectivity index (χ0n) is 10.7. The minimum atomic E-state index is -5.39. The molecule has 0 N–H and O–H groups in total. The number of rotatable bonds is 0. The van der Waals surface area contributed by atoms with Gasteiger partial charge in [-0.2, -0.15) is 23.5 Å². The fourth-order valence-corrected chi connectivity index (χ4v) is 0. The SMILES string of the molecule is O=P([O-])([O-])[O-].O=P([O-])([O-])[O-].O=P([O-])([O-])[O-].[Fe+2].[Fe+2].[Li+].[Li+].[Li+].[Mn+2].[Mn+2]. The first-order valence-corrected chi connectivity index (χ1v) is 6.57. The molecule has 0 aliphatic carbocycles. The monoisotopic (exact) mass is 528 g/mol. The van der Waals surface area contributed by atoms with E-state index in [4.69, 9.17) is 57.7 Å². The summed E-state index contributed by atoms with van der Waals surface area (Å²) in [5, 5.41) is 0. The largest absolute Gasteiger partial charge is 2.00 e. The Morgan fingerprint density at radius 2 is 0.409 bits per heavy atom. The molecule has 0 atom stereocenters. The van der Waals surface area contributed by atoms with Gasteiger partial charge in [0.1, 0.15) is 0 Å². The second-order valence-corrected chi connectivity index (χ2v) is 4.02. The van der Waals surface area contributed by atoms with Crippen molar-refractivity contribution in [2.24, 2.45) is 0 Å². The molecule has 0 aromatic heterocycles. The van der Waals surface area contributed by atoms with Crippen LogP contribution in [0.4, 0.5) is 0 Å². The molecule has 0 spiro atoms. The number of hydrogen-bond donors (Lipinski definition) is 0. The predicted octanol–water partition coefficient (Wildman–Crippen LogP) is -17.5. The van der Waals surface area contributed by atoms with Crippen LogP contribution < -0.4 is 101 Å². The van der Waals surface area contributed by atoms with Gasteiger partial charge in [0.15, 0.2) is 0 Å². The van der Waals surface area contributed by atoms with Gasteiger partial charge in [-0.1, -0.05) is 0 Å². The number of hydrogen-bond acceptors (Lipinski definition) is 12. The molecule has 0 rings (SSSR count). The van der Waals surface area contributed by atoms with Crippen molar-refractivity contribution in [2.45, 2.75) is 0 Å². The summed E-state index contributed by atoms with van der Waals surface area (Å²) >= 11 is 0. The van der Waals surface area contributed by atoms with Crippen LogP contribution in [-0.2, 0) is 82.0 Å². The topological polar surface area (TPSA) is 259 Å². The van der Waals surface area contributed by atoms with E-state index in [1.807, 2.05) is 0 Å².